The van der Waals surface area contributed by atoms with E-state index in [0.717, 1.165) is 6.08 Å². The first-order chi connectivity index (χ1) is 14.3. The number of aliphatic hydroxyl groups excluding tert-OH is 1. The number of halogens is 4. The summed E-state index contributed by atoms with van der Waals surface area (Å²) in [5.74, 6) is -2.01. The predicted octanol–water partition coefficient (Wildman–Crippen LogP) is 5.27. The fourth-order valence-corrected chi connectivity index (χ4v) is 4.23. The summed E-state index contributed by atoms with van der Waals surface area (Å²) in [6, 6.07) is 1.15. The predicted molar refractivity (Wildman–Crippen MR) is 115 cm³/mol. The summed E-state index contributed by atoms with van der Waals surface area (Å²) in [5, 5.41) is 19.7. The molecule has 1 heterocycles. The van der Waals surface area contributed by atoms with E-state index in [1.807, 2.05) is 13.0 Å². The summed E-state index contributed by atoms with van der Waals surface area (Å²) in [7, 11) is 0. The van der Waals surface area contributed by atoms with Crippen LogP contribution < -0.4 is 0 Å². The van der Waals surface area contributed by atoms with Gasteiger partial charge in [-0.15, -0.1) is 12.6 Å². The Kier molecular flexibility index (Phi) is 7.71. The largest absolute Gasteiger partial charge is 0.413 e. The zero-order valence-electron chi connectivity index (χ0n) is 17.8. The maximum atomic E-state index is 14.3. The Morgan fingerprint density at radius 1 is 1.35 bits per heavy atom. The molecular formula is C22H27F4N3OS. The number of thiol groups is 1. The van der Waals surface area contributed by atoms with E-state index in [9.17, 15) is 22.7 Å². The molecule has 1 aliphatic heterocycles. The van der Waals surface area contributed by atoms with Crippen molar-refractivity contribution >= 4 is 12.6 Å². The van der Waals surface area contributed by atoms with Gasteiger partial charge in [0, 0.05) is 22.9 Å². The lowest BCUT2D eigenvalue weighted by atomic mass is 9.89. The Hall–Kier alpha value is -2.18. The molecule has 0 amide bonds. The van der Waals surface area contributed by atoms with Gasteiger partial charge in [-0.2, -0.15) is 18.4 Å². The third-order valence-corrected chi connectivity index (χ3v) is 6.32. The standard InChI is InChI=1S/C22H27F4N3OS/c1-12-9-18(10-19(23)14(12)3)29-16(5)20(30)28(21(29)31)13(2)7-6-8-17(11-27)15(4)22(24,25)26/h6-10,12,14,16-17,20-21,30-31H,4H2,1-3,5H3. The third-order valence-electron chi connectivity index (χ3n) is 5.82. The van der Waals surface area contributed by atoms with Crippen LogP contribution in [0.1, 0.15) is 27.7 Å². The van der Waals surface area contributed by atoms with Gasteiger partial charge in [0.05, 0.1) is 18.0 Å². The molecule has 0 saturated carbocycles. The number of nitrogens with zero attached hydrogens (tertiary/aromatic N) is 3. The van der Waals surface area contributed by atoms with Crippen molar-refractivity contribution in [1.82, 2.24) is 9.80 Å². The highest BCUT2D eigenvalue weighted by molar-refractivity contribution is 7.80. The van der Waals surface area contributed by atoms with Crippen LogP contribution in [-0.2, 0) is 0 Å². The van der Waals surface area contributed by atoms with Crippen molar-refractivity contribution in [2.45, 2.75) is 51.6 Å². The van der Waals surface area contributed by atoms with Crippen LogP contribution in [0, 0.1) is 29.1 Å². The van der Waals surface area contributed by atoms with E-state index in [1.54, 1.807) is 36.6 Å². The first-order valence-corrected chi connectivity index (χ1v) is 10.3. The van der Waals surface area contributed by atoms with E-state index >= 15 is 0 Å². The highest BCUT2D eigenvalue weighted by atomic mass is 32.1. The van der Waals surface area contributed by atoms with Gasteiger partial charge < -0.3 is 14.9 Å². The van der Waals surface area contributed by atoms with Crippen LogP contribution in [0.5, 0.6) is 0 Å². The number of hydrogen-bond acceptors (Lipinski definition) is 5. The van der Waals surface area contributed by atoms with Crippen molar-refractivity contribution < 1.29 is 22.7 Å². The van der Waals surface area contributed by atoms with Gasteiger partial charge in [-0.1, -0.05) is 38.7 Å². The van der Waals surface area contributed by atoms with Gasteiger partial charge in [0.25, 0.3) is 0 Å². The number of aliphatic hydroxyl groups is 1. The smallest absolute Gasteiger partial charge is 0.371 e. The molecule has 2 rings (SSSR count). The molecule has 9 heteroatoms. The molecule has 0 aromatic heterocycles. The first-order valence-electron chi connectivity index (χ1n) is 9.83. The van der Waals surface area contributed by atoms with Crippen LogP contribution in [0.3, 0.4) is 0 Å². The monoisotopic (exact) mass is 457 g/mol. The lowest BCUT2D eigenvalue weighted by Gasteiger charge is -2.33. The normalized spacial score (nSPS) is 30.9. The molecule has 4 nitrogen and oxygen atoms in total. The number of hydrogen-bond donors (Lipinski definition) is 2. The number of alkyl halides is 3. The fraction of sp³-hybridized carbons (Fsp3) is 0.500. The Morgan fingerprint density at radius 3 is 2.48 bits per heavy atom. The maximum Gasteiger partial charge on any atom is 0.413 e. The molecule has 1 aliphatic carbocycles. The SMILES string of the molecule is C=C(C(C#N)C=CC=C(C)N1C(O)C(C)N(C2=CC(C)C(C)C(F)=C2)C1S)C(F)(F)F. The second-order valence-corrected chi connectivity index (χ2v) is 8.37. The molecule has 1 N–H and O–H groups in total. The van der Waals surface area contributed by atoms with Gasteiger partial charge in [-0.25, -0.2) is 4.39 Å². The average molecular weight is 458 g/mol. The van der Waals surface area contributed by atoms with Gasteiger partial charge in [0.1, 0.15) is 17.6 Å². The van der Waals surface area contributed by atoms with E-state index in [2.05, 4.69) is 19.2 Å². The fourth-order valence-electron chi connectivity index (χ4n) is 3.57. The molecule has 170 valence electrons. The van der Waals surface area contributed by atoms with Crippen molar-refractivity contribution in [2.24, 2.45) is 17.8 Å². The Labute approximate surface area is 185 Å². The minimum atomic E-state index is -4.66. The summed E-state index contributed by atoms with van der Waals surface area (Å²) in [6.45, 7) is 10.1. The lowest BCUT2D eigenvalue weighted by Crippen LogP contribution is -2.35. The van der Waals surface area contributed by atoms with Crippen molar-refractivity contribution in [3.8, 4) is 6.07 Å². The molecule has 1 saturated heterocycles. The number of nitriles is 1. The molecule has 0 aromatic carbocycles. The van der Waals surface area contributed by atoms with Crippen LogP contribution in [0.4, 0.5) is 17.6 Å². The summed E-state index contributed by atoms with van der Waals surface area (Å²) in [4.78, 5) is 3.37. The van der Waals surface area contributed by atoms with E-state index in [4.69, 9.17) is 5.26 Å². The van der Waals surface area contributed by atoms with Crippen LogP contribution in [-0.4, -0.2) is 38.9 Å². The van der Waals surface area contributed by atoms with E-state index in [1.165, 1.54) is 18.2 Å². The molecule has 6 atom stereocenters. The highest BCUT2D eigenvalue weighted by Gasteiger charge is 2.44. The Balaban J connectivity index is 2.24. The zero-order valence-corrected chi connectivity index (χ0v) is 18.7. The summed E-state index contributed by atoms with van der Waals surface area (Å²) < 4.78 is 52.6. The number of rotatable bonds is 5. The molecular weight excluding hydrogens is 430 g/mol. The summed E-state index contributed by atoms with van der Waals surface area (Å²) in [5.41, 5.74) is -0.629. The lowest BCUT2D eigenvalue weighted by molar-refractivity contribution is -0.0950. The Bertz CT molecular complexity index is 871. The molecule has 6 unspecified atom stereocenters. The van der Waals surface area contributed by atoms with Gasteiger partial charge in [0.2, 0.25) is 0 Å². The van der Waals surface area contributed by atoms with E-state index in [0.29, 0.717) is 11.4 Å². The molecule has 0 radical (unpaired) electrons. The van der Waals surface area contributed by atoms with Crippen molar-refractivity contribution in [2.75, 3.05) is 0 Å². The van der Waals surface area contributed by atoms with Crippen molar-refractivity contribution in [3.05, 3.63) is 59.8 Å². The maximum absolute atomic E-state index is 14.3. The molecule has 0 aromatic rings. The second kappa shape index (κ2) is 9.53. The van der Waals surface area contributed by atoms with E-state index in [-0.39, 0.29) is 17.7 Å². The van der Waals surface area contributed by atoms with Crippen LogP contribution in [0.25, 0.3) is 0 Å². The third kappa shape index (κ3) is 5.18. The summed E-state index contributed by atoms with van der Waals surface area (Å²) >= 11 is 4.60. The quantitative estimate of drug-likeness (QED) is 0.256. The van der Waals surface area contributed by atoms with Crippen molar-refractivity contribution in [1.29, 1.82) is 5.26 Å². The molecule has 0 bridgehead atoms. The highest BCUT2D eigenvalue weighted by Crippen LogP contribution is 2.39. The topological polar surface area (TPSA) is 50.5 Å². The van der Waals surface area contributed by atoms with Gasteiger partial charge >= 0.3 is 6.18 Å². The molecule has 1 fully saturated rings. The summed E-state index contributed by atoms with van der Waals surface area (Å²) in [6.07, 6.45) is 1.66. The van der Waals surface area contributed by atoms with E-state index < -0.39 is 35.4 Å². The Morgan fingerprint density at radius 2 is 1.97 bits per heavy atom. The number of allylic oxidation sites excluding steroid dienone is 8. The van der Waals surface area contributed by atoms with Crippen LogP contribution >= 0.6 is 12.6 Å². The second-order valence-electron chi connectivity index (χ2n) is 7.91. The molecule has 0 spiro atoms. The van der Waals surface area contributed by atoms with Gasteiger partial charge in [0.15, 0.2) is 0 Å². The van der Waals surface area contributed by atoms with Crippen LogP contribution in [0.2, 0.25) is 0 Å². The zero-order chi connectivity index (χ0) is 23.7. The molecule has 2 aliphatic rings. The van der Waals surface area contributed by atoms with Gasteiger partial charge in [-0.3, -0.25) is 0 Å². The van der Waals surface area contributed by atoms with Crippen molar-refractivity contribution in [3.63, 3.8) is 0 Å². The minimum absolute atomic E-state index is 0.0249. The van der Waals surface area contributed by atoms with Gasteiger partial charge in [-0.05, 0) is 31.9 Å². The van der Waals surface area contributed by atoms with Crippen LogP contribution in [0.15, 0.2) is 59.8 Å². The average Bonchev–Trinajstić information content (AvgIpc) is 2.90. The minimum Gasteiger partial charge on any atom is -0.371 e. The first kappa shape index (κ1) is 25.1. The molecule has 31 heavy (non-hydrogen) atoms.